The van der Waals surface area contributed by atoms with Gasteiger partial charge < -0.3 is 4.57 Å². The molecule has 0 spiro atoms. The fourth-order valence-corrected chi connectivity index (χ4v) is 5.79. The minimum atomic E-state index is -0.534. The largest absolute Gasteiger partial charge is 0.319 e. The SMILES string of the molecule is c1ccc(C(c2ccccc2)(c2ccccc2)n2cnc(Cc3csc4ncccc34)c2)cc1. The standard InChI is InChI=1S/C30H23N3S/c1-4-11-24(12-5-1)30(25-13-6-2-7-14-25,26-15-8-3-9-16-26)33-20-27(32-22-33)19-23-21-34-29-28(23)17-10-18-31-29/h1-18,20-22H,19H2. The van der Waals surface area contributed by atoms with Crippen molar-refractivity contribution in [2.75, 3.05) is 0 Å². The molecule has 6 rings (SSSR count). The Labute approximate surface area is 203 Å². The van der Waals surface area contributed by atoms with E-state index in [9.17, 15) is 0 Å². The van der Waals surface area contributed by atoms with Crippen LogP contribution in [0, 0.1) is 0 Å². The van der Waals surface area contributed by atoms with Gasteiger partial charge in [0.2, 0.25) is 0 Å². The van der Waals surface area contributed by atoms with Crippen LogP contribution in [-0.2, 0) is 12.0 Å². The molecular formula is C30H23N3S. The Morgan fingerprint density at radius 3 is 1.85 bits per heavy atom. The predicted molar refractivity (Wildman–Crippen MR) is 139 cm³/mol. The van der Waals surface area contributed by atoms with Crippen molar-refractivity contribution in [3.8, 4) is 0 Å². The average Bonchev–Trinajstić information content (AvgIpc) is 3.55. The van der Waals surface area contributed by atoms with Gasteiger partial charge in [0, 0.05) is 24.2 Å². The number of fused-ring (bicyclic) bond motifs is 1. The Bertz CT molecular complexity index is 1420. The first-order valence-corrected chi connectivity index (χ1v) is 12.2. The monoisotopic (exact) mass is 457 g/mol. The number of benzene rings is 3. The molecule has 0 aliphatic heterocycles. The lowest BCUT2D eigenvalue weighted by Crippen LogP contribution is -2.36. The number of imidazole rings is 1. The fourth-order valence-electron chi connectivity index (χ4n) is 4.88. The van der Waals surface area contributed by atoms with E-state index in [1.165, 1.54) is 27.6 Å². The van der Waals surface area contributed by atoms with Crippen molar-refractivity contribution in [1.82, 2.24) is 14.5 Å². The second-order valence-corrected chi connectivity index (χ2v) is 9.23. The highest BCUT2D eigenvalue weighted by Crippen LogP contribution is 2.41. The molecule has 3 aromatic carbocycles. The Morgan fingerprint density at radius 1 is 0.676 bits per heavy atom. The molecule has 0 N–H and O–H groups in total. The lowest BCUT2D eigenvalue weighted by Gasteiger charge is -2.37. The van der Waals surface area contributed by atoms with E-state index in [4.69, 9.17) is 4.98 Å². The van der Waals surface area contributed by atoms with Gasteiger partial charge in [0.15, 0.2) is 0 Å². The molecule has 0 bridgehead atoms. The zero-order valence-electron chi connectivity index (χ0n) is 18.6. The average molecular weight is 458 g/mol. The van der Waals surface area contributed by atoms with E-state index in [0.717, 1.165) is 16.9 Å². The van der Waals surface area contributed by atoms with Gasteiger partial charge in [-0.1, -0.05) is 97.1 Å². The highest BCUT2D eigenvalue weighted by molar-refractivity contribution is 7.16. The Morgan fingerprint density at radius 2 is 1.26 bits per heavy atom. The van der Waals surface area contributed by atoms with Crippen molar-refractivity contribution >= 4 is 21.6 Å². The molecule has 0 unspecified atom stereocenters. The molecule has 34 heavy (non-hydrogen) atoms. The van der Waals surface area contributed by atoms with Crippen LogP contribution in [0.3, 0.4) is 0 Å². The summed E-state index contributed by atoms with van der Waals surface area (Å²) in [5.41, 5.74) is 5.36. The molecule has 0 aliphatic carbocycles. The number of aromatic nitrogens is 3. The first-order valence-electron chi connectivity index (χ1n) is 11.4. The summed E-state index contributed by atoms with van der Waals surface area (Å²) in [5, 5.41) is 3.41. The molecule has 0 aliphatic rings. The maximum absolute atomic E-state index is 4.89. The van der Waals surface area contributed by atoms with Crippen molar-refractivity contribution in [1.29, 1.82) is 0 Å². The van der Waals surface area contributed by atoms with Gasteiger partial charge in [-0.25, -0.2) is 9.97 Å². The maximum atomic E-state index is 4.89. The highest BCUT2D eigenvalue weighted by Gasteiger charge is 2.38. The molecule has 0 radical (unpaired) electrons. The molecule has 6 aromatic rings. The van der Waals surface area contributed by atoms with Crippen molar-refractivity contribution < 1.29 is 0 Å². The summed E-state index contributed by atoms with van der Waals surface area (Å²) in [6.45, 7) is 0. The van der Waals surface area contributed by atoms with E-state index >= 15 is 0 Å². The van der Waals surface area contributed by atoms with Gasteiger partial charge in [-0.05, 0) is 33.7 Å². The van der Waals surface area contributed by atoms with Crippen LogP contribution in [0.4, 0.5) is 0 Å². The maximum Gasteiger partial charge on any atom is 0.123 e. The first-order chi connectivity index (χ1) is 16.9. The van der Waals surface area contributed by atoms with E-state index in [1.54, 1.807) is 11.3 Å². The summed E-state index contributed by atoms with van der Waals surface area (Å²) in [6, 6.07) is 36.2. The minimum absolute atomic E-state index is 0.534. The second kappa shape index (κ2) is 8.73. The summed E-state index contributed by atoms with van der Waals surface area (Å²) >= 11 is 1.69. The van der Waals surface area contributed by atoms with E-state index in [2.05, 4.69) is 118 Å². The number of nitrogens with zero attached hydrogens (tertiary/aromatic N) is 3. The predicted octanol–water partition coefficient (Wildman–Crippen LogP) is 6.92. The van der Waals surface area contributed by atoms with Crippen LogP contribution < -0.4 is 0 Å². The van der Waals surface area contributed by atoms with Gasteiger partial charge in [0.25, 0.3) is 0 Å². The number of pyridine rings is 1. The molecule has 0 fully saturated rings. The van der Waals surface area contributed by atoms with Crippen LogP contribution in [0.25, 0.3) is 10.2 Å². The Balaban J connectivity index is 1.54. The first kappa shape index (κ1) is 20.6. The van der Waals surface area contributed by atoms with E-state index in [0.29, 0.717) is 0 Å². The molecule has 3 aromatic heterocycles. The van der Waals surface area contributed by atoms with Gasteiger partial charge in [-0.2, -0.15) is 0 Å². The molecule has 3 nitrogen and oxygen atoms in total. The van der Waals surface area contributed by atoms with Crippen molar-refractivity contribution in [3.05, 3.63) is 155 Å². The summed E-state index contributed by atoms with van der Waals surface area (Å²) < 4.78 is 2.27. The van der Waals surface area contributed by atoms with Gasteiger partial charge in [-0.15, -0.1) is 11.3 Å². The molecular weight excluding hydrogens is 434 g/mol. The second-order valence-electron chi connectivity index (χ2n) is 8.37. The normalized spacial score (nSPS) is 11.6. The van der Waals surface area contributed by atoms with Gasteiger partial charge in [0.1, 0.15) is 10.4 Å². The summed E-state index contributed by atoms with van der Waals surface area (Å²) in [4.78, 5) is 10.5. The molecule has 0 amide bonds. The quantitative estimate of drug-likeness (QED) is 0.254. The Kier molecular flexibility index (Phi) is 5.28. The number of thiophene rings is 1. The topological polar surface area (TPSA) is 30.7 Å². The molecule has 164 valence electrons. The number of rotatable bonds is 6. The van der Waals surface area contributed by atoms with Crippen molar-refractivity contribution in [2.24, 2.45) is 0 Å². The molecule has 0 saturated carbocycles. The molecule has 0 atom stereocenters. The van der Waals surface area contributed by atoms with Crippen molar-refractivity contribution in [2.45, 2.75) is 12.0 Å². The van der Waals surface area contributed by atoms with Crippen molar-refractivity contribution in [3.63, 3.8) is 0 Å². The van der Waals surface area contributed by atoms with Crippen LogP contribution >= 0.6 is 11.3 Å². The van der Waals surface area contributed by atoms with Gasteiger partial charge in [0.05, 0.1) is 12.0 Å². The number of hydrogen-bond acceptors (Lipinski definition) is 3. The smallest absolute Gasteiger partial charge is 0.123 e. The zero-order chi connectivity index (χ0) is 22.8. The number of hydrogen-bond donors (Lipinski definition) is 0. The third-order valence-electron chi connectivity index (χ3n) is 6.40. The van der Waals surface area contributed by atoms with E-state index < -0.39 is 5.54 Å². The van der Waals surface area contributed by atoms with Crippen LogP contribution in [0.15, 0.2) is 127 Å². The lowest BCUT2D eigenvalue weighted by atomic mass is 9.77. The van der Waals surface area contributed by atoms with Crippen LogP contribution in [0.5, 0.6) is 0 Å². The van der Waals surface area contributed by atoms with E-state index in [1.807, 2.05) is 18.6 Å². The van der Waals surface area contributed by atoms with Crippen LogP contribution in [0.2, 0.25) is 0 Å². The highest BCUT2D eigenvalue weighted by atomic mass is 32.1. The zero-order valence-corrected chi connectivity index (χ0v) is 19.4. The fraction of sp³-hybridized carbons (Fsp3) is 0.0667. The molecule has 4 heteroatoms. The third-order valence-corrected chi connectivity index (χ3v) is 7.35. The molecule has 0 saturated heterocycles. The van der Waals surface area contributed by atoms with Gasteiger partial charge >= 0.3 is 0 Å². The minimum Gasteiger partial charge on any atom is -0.319 e. The third kappa shape index (κ3) is 3.44. The van der Waals surface area contributed by atoms with Gasteiger partial charge in [-0.3, -0.25) is 0 Å². The Hall–Kier alpha value is -4.02. The lowest BCUT2D eigenvalue weighted by molar-refractivity contribution is 0.514. The van der Waals surface area contributed by atoms with Crippen LogP contribution in [-0.4, -0.2) is 14.5 Å². The summed E-state index contributed by atoms with van der Waals surface area (Å²) in [6.07, 6.45) is 6.81. The van der Waals surface area contributed by atoms with Crippen LogP contribution in [0.1, 0.15) is 27.9 Å². The molecule has 3 heterocycles. The van der Waals surface area contributed by atoms with E-state index in [-0.39, 0.29) is 0 Å². The summed E-state index contributed by atoms with van der Waals surface area (Å²) in [5.74, 6) is 0. The summed E-state index contributed by atoms with van der Waals surface area (Å²) in [7, 11) is 0.